The van der Waals surface area contributed by atoms with E-state index >= 15 is 19.2 Å². The van der Waals surface area contributed by atoms with Gasteiger partial charge in [-0.3, -0.25) is 81.4 Å². The number of hydrogen-bond acceptors (Lipinski definition) is 23. The van der Waals surface area contributed by atoms with Crippen molar-refractivity contribution in [2.75, 3.05) is 6.61 Å². The molecule has 6 rings (SSSR count). The van der Waals surface area contributed by atoms with Gasteiger partial charge in [0.2, 0.25) is 94.3 Å². The van der Waals surface area contributed by atoms with Crippen molar-refractivity contribution in [3.63, 3.8) is 0 Å². The number of H-pyrrole nitrogens is 1. The van der Waals surface area contributed by atoms with Gasteiger partial charge >= 0.3 is 0 Å². The Morgan fingerprint density at radius 2 is 1.26 bits per heavy atom. The van der Waals surface area contributed by atoms with Crippen molar-refractivity contribution in [1.82, 2.24) is 94.6 Å². The zero-order chi connectivity index (χ0) is 92.0. The number of aromatic nitrogens is 4. The number of aliphatic hydroxyl groups excluding tert-OH is 2. The number of fused-ring (bicyclic) bond motifs is 3. The van der Waals surface area contributed by atoms with Crippen LogP contribution in [0.5, 0.6) is 5.75 Å². The molecule has 0 aliphatic carbocycles. The minimum Gasteiger partial charge on any atom is -0.508 e. The summed E-state index contributed by atoms with van der Waals surface area (Å²) < 4.78 is 1.57. The number of rotatable bonds is 29. The second kappa shape index (κ2) is 47.7. The normalized spacial score (nSPS) is 22.2. The number of primary amides is 2. The summed E-state index contributed by atoms with van der Waals surface area (Å²) in [5.74, 6) is -15.8. The van der Waals surface area contributed by atoms with Crippen LogP contribution in [0.1, 0.15) is 176 Å². The molecule has 2 aromatic heterocycles. The minimum atomic E-state index is -1.98. The van der Waals surface area contributed by atoms with Gasteiger partial charge in [-0.05, 0) is 153 Å². The molecular weight excluding hydrogens is 1630 g/mol. The Kier molecular flexibility index (Phi) is 38.9. The molecule has 0 fully saturated rings. The highest BCUT2D eigenvalue weighted by Crippen LogP contribution is 2.26. The number of aromatic amines is 1. The molecule has 3 aromatic carbocycles. The Hall–Kier alpha value is -11.8. The Bertz CT molecular complexity index is 4580. The highest BCUT2D eigenvalue weighted by atomic mass is 35.5. The molecule has 39 nitrogen and oxygen atoms in total. The number of aryl methyl sites for hydroxylation is 2. The van der Waals surface area contributed by atoms with Crippen LogP contribution in [0, 0.1) is 11.8 Å². The van der Waals surface area contributed by atoms with Crippen LogP contribution in [0.4, 0.5) is 0 Å². The maximum absolute atomic E-state index is 15.3. The summed E-state index contributed by atoms with van der Waals surface area (Å²) in [7, 11) is 0. The number of hydrogen-bond donors (Lipinski definition) is 20. The number of nitrogens with one attached hydrogen (secondary N) is 15. The lowest BCUT2D eigenvalue weighted by atomic mass is 9.91. The van der Waals surface area contributed by atoms with Crippen LogP contribution in [0.2, 0.25) is 5.02 Å². The lowest BCUT2D eigenvalue weighted by molar-refractivity contribution is -0.140. The standard InChI is InChI=1S/C84H121ClN20O19/c1-44(2)35-61(93-51(10)108)76(118)98-68(50(9)107)80(122)96-63(37-52-21-16-15-17-22-52)78(120)99-83(11)32-18-13-14-19-34-105-42-56(101-104-105)23-20-33-84(12,82(124)97-66(43-106)77(119)91-48(7)72(114)90-47(6)71(87)113)100-79(121)65(36-45(3)4)103-102-59(30-31-67(86)110)70(112)69(111)46(5)89-74(116)64(39-54-41-88-60-40-55(85)26-29-58(54)60)95-75(117)62(38-53-24-27-57(109)28-25-53)94-73(115)49(8)92-81(83)123/h15-17,21-22,24-29,40-42,44-50,59,61-66,68,88,102-103,106-107,109H,13-14,18-20,23,30-39,43H2,1-12H3,(H2,86,110)(H2,87,113)(H,89,116)(H,90,114)(H,91,119)(H,92,123)(H,93,108)(H,94,115)(H,95,117)(H,96,122)(H,97,124)(H,98,118)(H,99,120)(H,100,121)/t46?,47?,48-,49?,50+,59-,61-,62-,63-,64-,65-,66?,68-,83+,84-/m0/s1. The number of nitrogens with zero attached hydrogens (tertiary/aromatic N) is 3. The van der Waals surface area contributed by atoms with Gasteiger partial charge in [-0.1, -0.05) is 112 Å². The largest absolute Gasteiger partial charge is 0.508 e. The van der Waals surface area contributed by atoms with E-state index in [0.29, 0.717) is 64.1 Å². The van der Waals surface area contributed by atoms with Crippen molar-refractivity contribution in [3.8, 4) is 5.75 Å². The maximum atomic E-state index is 15.3. The molecule has 1 aliphatic heterocycles. The highest BCUT2D eigenvalue weighted by molar-refractivity contribution is 6.41. The first-order valence-corrected chi connectivity index (χ1v) is 41.8. The number of hydrazine groups is 1. The predicted octanol–water partition coefficient (Wildman–Crippen LogP) is -0.984. The first-order valence-electron chi connectivity index (χ1n) is 41.5. The number of carbonyl (C=O) groups is 16. The second-order valence-corrected chi connectivity index (χ2v) is 33.4. The smallest absolute Gasteiger partial charge is 0.246 e. The SMILES string of the molecule is CC(=O)N[C@@H](CC(C)C)C(=O)N[C@H](C(=O)N[C@@H](Cc1ccccc1)C(=O)N[C@]1(C)CCCCCCn2cc(nn2)CCC[C@@](C)(C(=O)NC(CO)C(=O)N[C@@H](C)C(=O)NC(C)C(N)=O)NC(=O)[C@H](CC(C)C)NN[C@@H](CCC(N)=O)C(=O)C(=O)C(C)NC(=O)[C@H](Cc2c[nH]c3cc(Cl)ccc23)NC(=O)[C@H](Cc2ccc(O)cc2)NC(=O)C(C)NC1=O)[C@@H](C)O. The monoisotopic (exact) mass is 1750 g/mol. The minimum absolute atomic E-state index is 0.0311. The first kappa shape index (κ1) is 101. The predicted molar refractivity (Wildman–Crippen MR) is 455 cm³/mol. The molecule has 5 aromatic rings. The number of ketones is 2. The van der Waals surface area contributed by atoms with Crippen molar-refractivity contribution in [1.29, 1.82) is 0 Å². The van der Waals surface area contributed by atoms with E-state index in [0.717, 1.165) is 0 Å². The van der Waals surface area contributed by atoms with Crippen molar-refractivity contribution in [3.05, 3.63) is 113 Å². The van der Waals surface area contributed by atoms with Gasteiger partial charge in [0.05, 0.1) is 30.5 Å². The Morgan fingerprint density at radius 1 is 0.621 bits per heavy atom. The average molecular weight is 1750 g/mol. The van der Waals surface area contributed by atoms with Crippen LogP contribution in [0.15, 0.2) is 85.2 Å². The zero-order valence-corrected chi connectivity index (χ0v) is 72.8. The summed E-state index contributed by atoms with van der Waals surface area (Å²) >= 11 is 6.37. The molecule has 15 atom stereocenters. The van der Waals surface area contributed by atoms with Crippen LogP contribution in [-0.4, -0.2) is 226 Å². The van der Waals surface area contributed by atoms with E-state index in [-0.39, 0.29) is 81.8 Å². The lowest BCUT2D eigenvalue weighted by Crippen LogP contribution is -2.65. The van der Waals surface area contributed by atoms with E-state index < -0.39 is 203 Å². The number of nitrogens with two attached hydrogens (primary N) is 2. The van der Waals surface area contributed by atoms with Crippen LogP contribution < -0.4 is 86.1 Å². The molecule has 22 N–H and O–H groups in total. The fourth-order valence-corrected chi connectivity index (χ4v) is 13.9. The molecule has 0 spiro atoms. The van der Waals surface area contributed by atoms with E-state index in [1.54, 1.807) is 79.5 Å². The lowest BCUT2D eigenvalue weighted by Gasteiger charge is -2.34. The number of benzene rings is 3. The Balaban J connectivity index is 1.42. The number of Topliss-reactive ketones (excluding diaryl/α,β-unsaturated/α-hetero) is 2. The van der Waals surface area contributed by atoms with Gasteiger partial charge in [-0.2, -0.15) is 0 Å². The summed E-state index contributed by atoms with van der Waals surface area (Å²) in [5.41, 5.74) is 14.8. The number of phenolic OH excluding ortho intramolecular Hbond substituents is 1. The topological polar surface area (TPSA) is 601 Å². The van der Waals surface area contributed by atoms with Gasteiger partial charge in [-0.15, -0.1) is 5.10 Å². The molecule has 678 valence electrons. The molecule has 3 heterocycles. The summed E-state index contributed by atoms with van der Waals surface area (Å²) in [5, 5.41) is 72.7. The van der Waals surface area contributed by atoms with Gasteiger partial charge in [0.15, 0.2) is 0 Å². The molecule has 1 aliphatic rings. The fraction of sp³-hybridized carbons (Fsp3) is 0.548. The van der Waals surface area contributed by atoms with E-state index in [9.17, 15) is 72.9 Å². The van der Waals surface area contributed by atoms with Crippen molar-refractivity contribution >= 4 is 117 Å². The molecule has 40 heteroatoms. The third kappa shape index (κ3) is 31.5. The van der Waals surface area contributed by atoms with Crippen LogP contribution in [0.3, 0.4) is 0 Å². The van der Waals surface area contributed by atoms with Crippen molar-refractivity contribution in [2.45, 2.75) is 276 Å². The summed E-state index contributed by atoms with van der Waals surface area (Å²) in [6.07, 6.45) is 1.48. The maximum Gasteiger partial charge on any atom is 0.246 e. The van der Waals surface area contributed by atoms with Crippen molar-refractivity contribution in [2.24, 2.45) is 23.3 Å². The molecule has 124 heavy (non-hydrogen) atoms. The first-order chi connectivity index (χ1) is 58.4. The Morgan fingerprint density at radius 3 is 1.90 bits per heavy atom. The van der Waals surface area contributed by atoms with E-state index in [2.05, 4.69) is 89.9 Å². The van der Waals surface area contributed by atoms with Gasteiger partial charge in [0, 0.05) is 67.5 Å². The molecular formula is C84H121ClN20O19. The van der Waals surface area contributed by atoms with E-state index in [1.807, 2.05) is 13.8 Å². The Labute approximate surface area is 724 Å². The number of aliphatic hydroxyl groups is 2. The molecule has 0 radical (unpaired) electrons. The highest BCUT2D eigenvalue weighted by Gasteiger charge is 2.43. The van der Waals surface area contributed by atoms with Gasteiger partial charge in [0.25, 0.3) is 0 Å². The number of phenols is 1. The van der Waals surface area contributed by atoms with Gasteiger partial charge < -0.3 is 95.6 Å². The molecule has 4 unspecified atom stereocenters. The van der Waals surface area contributed by atoms with E-state index in [1.165, 1.54) is 79.7 Å². The second-order valence-electron chi connectivity index (χ2n) is 32.9. The molecule has 0 saturated carbocycles. The summed E-state index contributed by atoms with van der Waals surface area (Å²) in [6, 6.07) is 0.803. The fourth-order valence-electron chi connectivity index (χ4n) is 13.8. The van der Waals surface area contributed by atoms with Crippen molar-refractivity contribution < 1.29 is 92.0 Å². The van der Waals surface area contributed by atoms with Gasteiger partial charge in [-0.25, -0.2) is 10.9 Å². The summed E-state index contributed by atoms with van der Waals surface area (Å²) in [4.78, 5) is 229. The van der Waals surface area contributed by atoms with Crippen LogP contribution in [0.25, 0.3) is 10.9 Å². The number of halogens is 1. The molecule has 2 bridgehead atoms. The quantitative estimate of drug-likeness (QED) is 0.0256. The van der Waals surface area contributed by atoms with E-state index in [4.69, 9.17) is 23.1 Å². The number of amides is 14. The third-order valence-electron chi connectivity index (χ3n) is 21.0. The zero-order valence-electron chi connectivity index (χ0n) is 72.0. The van der Waals surface area contributed by atoms with Crippen LogP contribution in [-0.2, 0) is 109 Å². The summed E-state index contributed by atoms with van der Waals surface area (Å²) in [6.45, 7) is 16.7. The third-order valence-corrected chi connectivity index (χ3v) is 21.2. The van der Waals surface area contributed by atoms with Crippen LogP contribution >= 0.6 is 11.6 Å². The number of carbonyl (C=O) groups excluding carboxylic acids is 16. The molecule has 0 saturated heterocycles. The number of aromatic hydroxyl groups is 1. The molecule has 14 amide bonds. The van der Waals surface area contributed by atoms with Gasteiger partial charge in [0.1, 0.15) is 77.2 Å². The average Bonchev–Trinajstić information content (AvgIpc) is 1.48.